The van der Waals surface area contributed by atoms with Gasteiger partial charge in [0.25, 0.3) is 0 Å². The van der Waals surface area contributed by atoms with Gasteiger partial charge in [-0.25, -0.2) is 9.18 Å². The highest BCUT2D eigenvalue weighted by molar-refractivity contribution is 5.84. The molecule has 1 aliphatic rings. The van der Waals surface area contributed by atoms with Crippen LogP contribution in [0.4, 0.5) is 9.18 Å². The van der Waals surface area contributed by atoms with E-state index in [1.165, 1.54) is 24.4 Å². The first-order valence-corrected chi connectivity index (χ1v) is 10.9. The van der Waals surface area contributed by atoms with Crippen LogP contribution in [0.15, 0.2) is 48.2 Å². The summed E-state index contributed by atoms with van der Waals surface area (Å²) < 4.78 is 18.8. The Morgan fingerprint density at radius 3 is 2.75 bits per heavy atom. The Kier molecular flexibility index (Phi) is 9.00. The van der Waals surface area contributed by atoms with Crippen molar-refractivity contribution in [1.29, 1.82) is 0 Å². The van der Waals surface area contributed by atoms with Crippen LogP contribution in [0.3, 0.4) is 0 Å². The van der Waals surface area contributed by atoms with Gasteiger partial charge in [-0.05, 0) is 37.1 Å². The van der Waals surface area contributed by atoms with E-state index in [0.717, 1.165) is 10.5 Å². The normalized spacial score (nSPS) is 19.4. The second-order valence-electron chi connectivity index (χ2n) is 7.43. The third kappa shape index (κ3) is 5.56. The number of aromatic nitrogens is 1. The minimum atomic E-state index is -2.47. The van der Waals surface area contributed by atoms with Gasteiger partial charge in [0, 0.05) is 29.1 Å². The first kappa shape index (κ1) is 25.6. The third-order valence-corrected chi connectivity index (χ3v) is 5.38. The van der Waals surface area contributed by atoms with Gasteiger partial charge in [-0.15, -0.1) is 0 Å². The minimum Gasteiger partial charge on any atom is -0.445 e. The summed E-state index contributed by atoms with van der Waals surface area (Å²) in [6, 6.07) is 2.77. The van der Waals surface area contributed by atoms with Crippen molar-refractivity contribution in [2.75, 3.05) is 13.2 Å². The Morgan fingerprint density at radius 2 is 2.09 bits per heavy atom. The summed E-state index contributed by atoms with van der Waals surface area (Å²) in [7, 11) is 0. The van der Waals surface area contributed by atoms with Gasteiger partial charge in [-0.3, -0.25) is 4.90 Å². The van der Waals surface area contributed by atoms with E-state index in [-0.39, 0.29) is 25.1 Å². The number of allylic oxidation sites excluding steroid dienone is 3. The van der Waals surface area contributed by atoms with Crippen molar-refractivity contribution in [3.05, 3.63) is 59.6 Å². The number of aromatic amines is 1. The molecule has 0 bridgehead atoms. The van der Waals surface area contributed by atoms with Crippen LogP contribution in [-0.4, -0.2) is 56.6 Å². The Morgan fingerprint density at radius 1 is 1.38 bits per heavy atom. The van der Waals surface area contributed by atoms with Gasteiger partial charge in [-0.2, -0.15) is 0 Å². The number of carbonyl (C=O) groups is 1. The van der Waals surface area contributed by atoms with Crippen molar-refractivity contribution in [3.63, 3.8) is 0 Å². The lowest BCUT2D eigenvalue weighted by Crippen LogP contribution is -2.50. The molecule has 0 spiro atoms. The molecule has 0 radical (unpaired) electrons. The number of H-pyrrole nitrogens is 1. The van der Waals surface area contributed by atoms with Gasteiger partial charge in [0.2, 0.25) is 5.79 Å². The number of fused-ring (bicyclic) bond motifs is 1. The molecule has 1 aliphatic heterocycles. The highest BCUT2D eigenvalue weighted by Crippen LogP contribution is 2.37. The van der Waals surface area contributed by atoms with Crippen LogP contribution in [0.25, 0.3) is 10.9 Å². The lowest BCUT2D eigenvalue weighted by atomic mass is 9.95. The number of nitrogens with zero attached hydrogens (tertiary/aromatic N) is 1. The number of amides is 1. The second kappa shape index (κ2) is 11.3. The quantitative estimate of drug-likeness (QED) is 0.395. The number of nitrogens with one attached hydrogen (secondary N) is 1. The minimum absolute atomic E-state index is 0.0367. The molecule has 2 aromatic rings. The molecule has 176 valence electrons. The Hall–Kier alpha value is -2.68. The van der Waals surface area contributed by atoms with E-state index >= 15 is 0 Å². The van der Waals surface area contributed by atoms with Crippen molar-refractivity contribution in [3.8, 4) is 0 Å². The smallest absolute Gasteiger partial charge is 0.410 e. The van der Waals surface area contributed by atoms with Crippen molar-refractivity contribution in [2.45, 2.75) is 58.5 Å². The zero-order valence-electron chi connectivity index (χ0n) is 19.0. The molecule has 32 heavy (non-hydrogen) atoms. The molecule has 1 aromatic heterocycles. The summed E-state index contributed by atoms with van der Waals surface area (Å²) >= 11 is 0. The number of benzene rings is 1. The number of aliphatic hydroxyl groups excluding tert-OH is 1. The fraction of sp³-hybridized carbons (Fsp3) is 0.458. The van der Waals surface area contributed by atoms with Crippen LogP contribution in [0.2, 0.25) is 0 Å². The topological polar surface area (TPSA) is 106 Å². The van der Waals surface area contributed by atoms with E-state index in [4.69, 9.17) is 4.74 Å². The lowest BCUT2D eigenvalue weighted by Gasteiger charge is -2.34. The van der Waals surface area contributed by atoms with Gasteiger partial charge < -0.3 is 25.0 Å². The van der Waals surface area contributed by atoms with Gasteiger partial charge in [0.05, 0.1) is 18.7 Å². The summed E-state index contributed by atoms with van der Waals surface area (Å²) in [4.78, 5) is 16.6. The number of aliphatic hydroxyl groups is 3. The van der Waals surface area contributed by atoms with Crippen molar-refractivity contribution in [2.24, 2.45) is 0 Å². The average Bonchev–Trinajstić information content (AvgIpc) is 3.39. The van der Waals surface area contributed by atoms with E-state index in [2.05, 4.69) is 4.98 Å². The van der Waals surface area contributed by atoms with Gasteiger partial charge in [0.15, 0.2) is 0 Å². The number of likely N-dealkylation sites (tertiary alicyclic amines) is 1. The summed E-state index contributed by atoms with van der Waals surface area (Å²) in [6.07, 6.45) is 5.93. The van der Waals surface area contributed by atoms with E-state index < -0.39 is 29.8 Å². The molecule has 3 rings (SSSR count). The number of carbonyl (C=O) groups excluding carboxylic acids is 1. The van der Waals surface area contributed by atoms with E-state index in [0.29, 0.717) is 17.3 Å². The SMILES string of the molecule is C/C=C\C=C(/CC)COC(=O)N1CC(O)CC1C(O)(O)c1c[nH]c2cc(F)ccc12.CC. The van der Waals surface area contributed by atoms with Crippen molar-refractivity contribution < 1.29 is 29.2 Å². The average molecular weight is 449 g/mol. The lowest BCUT2D eigenvalue weighted by molar-refractivity contribution is -0.205. The first-order valence-electron chi connectivity index (χ1n) is 10.9. The number of ether oxygens (including phenoxy) is 1. The molecule has 8 heteroatoms. The van der Waals surface area contributed by atoms with Gasteiger partial charge >= 0.3 is 6.09 Å². The molecule has 0 aliphatic carbocycles. The highest BCUT2D eigenvalue weighted by atomic mass is 19.1. The molecule has 0 saturated carbocycles. The fourth-order valence-electron chi connectivity index (χ4n) is 3.72. The molecule has 1 saturated heterocycles. The predicted octanol–water partition coefficient (Wildman–Crippen LogP) is 3.95. The number of hydrogen-bond acceptors (Lipinski definition) is 5. The molecule has 4 N–H and O–H groups in total. The van der Waals surface area contributed by atoms with Crippen molar-refractivity contribution >= 4 is 17.0 Å². The number of hydrogen-bond donors (Lipinski definition) is 4. The third-order valence-electron chi connectivity index (χ3n) is 5.38. The predicted molar refractivity (Wildman–Crippen MR) is 121 cm³/mol. The van der Waals surface area contributed by atoms with Gasteiger partial charge in [-0.1, -0.05) is 39.0 Å². The molecule has 2 atom stereocenters. The zero-order chi connectivity index (χ0) is 23.9. The Labute approximate surface area is 187 Å². The van der Waals surface area contributed by atoms with Crippen LogP contribution in [0.1, 0.15) is 46.1 Å². The van der Waals surface area contributed by atoms with Crippen molar-refractivity contribution in [1.82, 2.24) is 9.88 Å². The number of rotatable bonds is 6. The van der Waals surface area contributed by atoms with Crippen LogP contribution in [0, 0.1) is 5.82 Å². The van der Waals surface area contributed by atoms with Gasteiger partial charge in [0.1, 0.15) is 12.4 Å². The molecular weight excluding hydrogens is 415 g/mol. The molecular formula is C24H33FN2O5. The fourth-order valence-corrected chi connectivity index (χ4v) is 3.72. The van der Waals surface area contributed by atoms with E-state index in [1.807, 2.05) is 45.9 Å². The molecule has 2 unspecified atom stereocenters. The highest BCUT2D eigenvalue weighted by Gasteiger charge is 2.49. The molecule has 2 heterocycles. The maximum atomic E-state index is 13.5. The second-order valence-corrected chi connectivity index (χ2v) is 7.43. The summed E-state index contributed by atoms with van der Waals surface area (Å²) in [5, 5.41) is 32.5. The van der Waals surface area contributed by atoms with E-state index in [1.54, 1.807) is 0 Å². The summed E-state index contributed by atoms with van der Waals surface area (Å²) in [5.41, 5.74) is 1.39. The van der Waals surface area contributed by atoms with Crippen LogP contribution in [0.5, 0.6) is 0 Å². The number of β-amino-alcohol motifs (C(OH)–C–C–N with tert-alkyl or cyclic N) is 1. The van der Waals surface area contributed by atoms with Crippen LogP contribution in [-0.2, 0) is 10.5 Å². The molecule has 1 aromatic carbocycles. The summed E-state index contributed by atoms with van der Waals surface area (Å²) in [6.45, 7) is 7.81. The maximum Gasteiger partial charge on any atom is 0.410 e. The Balaban J connectivity index is 0.00000176. The molecule has 1 fully saturated rings. The largest absolute Gasteiger partial charge is 0.445 e. The molecule has 7 nitrogen and oxygen atoms in total. The maximum absolute atomic E-state index is 13.5. The first-order chi connectivity index (χ1) is 15.3. The van der Waals surface area contributed by atoms with Crippen LogP contribution < -0.4 is 0 Å². The zero-order valence-corrected chi connectivity index (χ0v) is 19.0. The number of halogens is 1. The van der Waals surface area contributed by atoms with Crippen LogP contribution >= 0.6 is 0 Å². The summed E-state index contributed by atoms with van der Waals surface area (Å²) in [5.74, 6) is -2.93. The van der Waals surface area contributed by atoms with E-state index in [9.17, 15) is 24.5 Å². The molecule has 1 amide bonds. The Bertz CT molecular complexity index is 966. The monoisotopic (exact) mass is 448 g/mol. The standard InChI is InChI=1S/C22H27FN2O5.C2H6/c1-3-5-6-14(4-2)13-30-21(27)25-12-16(26)10-20(25)22(28,29)18-11-24-19-9-15(23)7-8-17(18)19;1-2/h3,5-9,11,16,20,24,26,28-29H,4,10,12-13H2,1-2H3;1-2H3/b5-3-,14-6+;.